The Labute approximate surface area is 109 Å². The van der Waals surface area contributed by atoms with Crippen molar-refractivity contribution in [3.05, 3.63) is 41.9 Å². The maximum Gasteiger partial charge on any atom is 0.120 e. The summed E-state index contributed by atoms with van der Waals surface area (Å²) < 4.78 is 5.70. The number of likely N-dealkylation sites (N-methyl/N-ethyl adjacent to an activating group) is 1. The molecule has 0 aliphatic carbocycles. The topological polar surface area (TPSA) is 21.3 Å². The van der Waals surface area contributed by atoms with Crippen LogP contribution in [0.5, 0.6) is 5.75 Å². The molecule has 1 aromatic rings. The van der Waals surface area contributed by atoms with Gasteiger partial charge in [0.1, 0.15) is 12.4 Å². The minimum Gasteiger partial charge on any atom is -0.492 e. The van der Waals surface area contributed by atoms with E-state index < -0.39 is 0 Å². The van der Waals surface area contributed by atoms with Crippen molar-refractivity contribution >= 4 is 11.6 Å². The van der Waals surface area contributed by atoms with E-state index in [-0.39, 0.29) is 0 Å². The van der Waals surface area contributed by atoms with Crippen LogP contribution in [0.1, 0.15) is 19.3 Å². The van der Waals surface area contributed by atoms with Gasteiger partial charge in [0.05, 0.1) is 0 Å². The van der Waals surface area contributed by atoms with Gasteiger partial charge in [-0.3, -0.25) is 0 Å². The first-order valence-corrected chi connectivity index (χ1v) is 6.30. The van der Waals surface area contributed by atoms with Gasteiger partial charge in [-0.2, -0.15) is 0 Å². The number of nitrogens with one attached hydrogen (secondary N) is 1. The lowest BCUT2D eigenvalue weighted by molar-refractivity contribution is 0.261. The smallest absolute Gasteiger partial charge is 0.120 e. The fraction of sp³-hybridized carbons (Fsp3) is 0.429. The summed E-state index contributed by atoms with van der Waals surface area (Å²) in [4.78, 5) is 0. The molecule has 0 amide bonds. The normalized spacial score (nSPS) is 12.1. The van der Waals surface area contributed by atoms with Crippen LogP contribution in [0.4, 0.5) is 0 Å². The number of ether oxygens (including phenoxy) is 1. The van der Waals surface area contributed by atoms with Crippen LogP contribution in [-0.4, -0.2) is 19.7 Å². The molecule has 1 N–H and O–H groups in total. The highest BCUT2D eigenvalue weighted by atomic mass is 35.5. The Balaban J connectivity index is 2.34. The number of hydrogen-bond acceptors (Lipinski definition) is 2. The molecule has 3 heteroatoms. The largest absolute Gasteiger partial charge is 0.492 e. The number of halogens is 1. The molecule has 1 rings (SSSR count). The summed E-state index contributed by atoms with van der Waals surface area (Å²) in [7, 11) is 1.96. The van der Waals surface area contributed by atoms with E-state index in [2.05, 4.69) is 11.9 Å². The highest BCUT2D eigenvalue weighted by Crippen LogP contribution is 2.17. The van der Waals surface area contributed by atoms with E-state index >= 15 is 0 Å². The fourth-order valence-electron chi connectivity index (χ4n) is 1.57. The lowest BCUT2D eigenvalue weighted by Crippen LogP contribution is -2.31. The molecule has 0 aliphatic rings. The molecule has 0 saturated heterocycles. The predicted octanol–water partition coefficient (Wildman–Crippen LogP) is 3.66. The third-order valence-electron chi connectivity index (χ3n) is 2.62. The fourth-order valence-corrected chi connectivity index (χ4v) is 1.75. The molecule has 0 radical (unpaired) electrons. The van der Waals surface area contributed by atoms with E-state index in [1.54, 1.807) is 0 Å². The van der Waals surface area contributed by atoms with Crippen LogP contribution in [0, 0.1) is 0 Å². The molecular weight excluding hydrogens is 234 g/mol. The first-order chi connectivity index (χ1) is 8.26. The van der Waals surface area contributed by atoms with Crippen molar-refractivity contribution in [2.24, 2.45) is 0 Å². The molecule has 2 nitrogen and oxygen atoms in total. The first kappa shape index (κ1) is 14.1. The van der Waals surface area contributed by atoms with Crippen molar-refractivity contribution in [3.63, 3.8) is 0 Å². The molecule has 0 spiro atoms. The van der Waals surface area contributed by atoms with Gasteiger partial charge >= 0.3 is 0 Å². The average molecular weight is 254 g/mol. The second kappa shape index (κ2) is 8.15. The van der Waals surface area contributed by atoms with Crippen LogP contribution < -0.4 is 10.1 Å². The van der Waals surface area contributed by atoms with Crippen molar-refractivity contribution in [1.82, 2.24) is 5.32 Å². The average Bonchev–Trinajstić information content (AvgIpc) is 2.34. The maximum absolute atomic E-state index is 5.89. The Morgan fingerprint density at radius 1 is 1.53 bits per heavy atom. The molecule has 1 aromatic carbocycles. The maximum atomic E-state index is 5.89. The zero-order valence-electron chi connectivity index (χ0n) is 10.3. The molecule has 0 fully saturated rings. The number of allylic oxidation sites excluding steroid dienone is 1. The summed E-state index contributed by atoms with van der Waals surface area (Å²) >= 11 is 5.89. The van der Waals surface area contributed by atoms with E-state index in [0.717, 1.165) is 25.0 Å². The van der Waals surface area contributed by atoms with E-state index in [1.165, 1.54) is 0 Å². The quantitative estimate of drug-likeness (QED) is 0.564. The third-order valence-corrected chi connectivity index (χ3v) is 2.85. The van der Waals surface area contributed by atoms with Crippen LogP contribution >= 0.6 is 11.6 Å². The minimum atomic E-state index is 0.369. The lowest BCUT2D eigenvalue weighted by atomic mass is 10.1. The molecule has 1 unspecified atom stereocenters. The van der Waals surface area contributed by atoms with Gasteiger partial charge in [-0.05, 0) is 44.5 Å². The van der Waals surface area contributed by atoms with E-state index in [1.807, 2.05) is 37.4 Å². The molecular formula is C14H20ClNO. The monoisotopic (exact) mass is 253 g/mol. The molecule has 0 aromatic heterocycles. The van der Waals surface area contributed by atoms with E-state index in [9.17, 15) is 0 Å². The van der Waals surface area contributed by atoms with Gasteiger partial charge in [-0.25, -0.2) is 0 Å². The molecule has 0 saturated carbocycles. The summed E-state index contributed by atoms with van der Waals surface area (Å²) in [5.41, 5.74) is 0. The van der Waals surface area contributed by atoms with Crippen LogP contribution in [0.2, 0.25) is 5.02 Å². The Hall–Kier alpha value is -0.990. The summed E-state index contributed by atoms with van der Waals surface area (Å²) in [6.07, 6.45) is 5.22. The first-order valence-electron chi connectivity index (χ1n) is 5.92. The third kappa shape index (κ3) is 5.76. The number of rotatable bonds is 8. The number of hydrogen-bond donors (Lipinski definition) is 1. The summed E-state index contributed by atoms with van der Waals surface area (Å²) in [6.45, 7) is 4.38. The highest BCUT2D eigenvalue weighted by molar-refractivity contribution is 6.30. The number of benzene rings is 1. The lowest BCUT2D eigenvalue weighted by Gasteiger charge is -2.16. The summed E-state index contributed by atoms with van der Waals surface area (Å²) in [6, 6.07) is 7.85. The predicted molar refractivity (Wildman–Crippen MR) is 73.8 cm³/mol. The molecule has 94 valence electrons. The second-order valence-corrected chi connectivity index (χ2v) is 4.41. The van der Waals surface area contributed by atoms with Gasteiger partial charge in [0, 0.05) is 11.1 Å². The van der Waals surface area contributed by atoms with Crippen LogP contribution in [-0.2, 0) is 0 Å². The Kier molecular flexibility index (Phi) is 6.75. The summed E-state index contributed by atoms with van der Waals surface area (Å²) in [5.74, 6) is 0.821. The molecule has 17 heavy (non-hydrogen) atoms. The van der Waals surface area contributed by atoms with Crippen molar-refractivity contribution in [2.75, 3.05) is 13.7 Å². The Morgan fingerprint density at radius 2 is 2.35 bits per heavy atom. The van der Waals surface area contributed by atoms with Crippen molar-refractivity contribution in [2.45, 2.75) is 25.3 Å². The Bertz CT molecular complexity index is 341. The van der Waals surface area contributed by atoms with Gasteiger partial charge in [0.2, 0.25) is 0 Å². The van der Waals surface area contributed by atoms with Gasteiger partial charge in [0.15, 0.2) is 0 Å². The molecule has 0 aliphatic heterocycles. The van der Waals surface area contributed by atoms with Crippen molar-refractivity contribution in [3.8, 4) is 5.75 Å². The van der Waals surface area contributed by atoms with Crippen molar-refractivity contribution in [1.29, 1.82) is 0 Å². The van der Waals surface area contributed by atoms with Gasteiger partial charge < -0.3 is 10.1 Å². The zero-order valence-corrected chi connectivity index (χ0v) is 11.0. The van der Waals surface area contributed by atoms with Gasteiger partial charge in [0.25, 0.3) is 0 Å². The minimum absolute atomic E-state index is 0.369. The van der Waals surface area contributed by atoms with E-state index in [4.69, 9.17) is 16.3 Å². The zero-order chi connectivity index (χ0) is 12.5. The SMILES string of the molecule is C=CCCCC(COc1cccc(Cl)c1)NC. The Morgan fingerprint density at radius 3 is 3.00 bits per heavy atom. The van der Waals surface area contributed by atoms with Crippen molar-refractivity contribution < 1.29 is 4.74 Å². The molecule has 0 heterocycles. The summed E-state index contributed by atoms with van der Waals surface area (Å²) in [5, 5.41) is 3.96. The second-order valence-electron chi connectivity index (χ2n) is 3.97. The molecule has 1 atom stereocenters. The van der Waals surface area contributed by atoms with Crippen LogP contribution in [0.15, 0.2) is 36.9 Å². The van der Waals surface area contributed by atoms with Crippen LogP contribution in [0.25, 0.3) is 0 Å². The van der Waals surface area contributed by atoms with Gasteiger partial charge in [-0.1, -0.05) is 23.7 Å². The standard InChI is InChI=1S/C14H20ClNO/c1-3-4-5-8-13(16-2)11-17-14-9-6-7-12(15)10-14/h3,6-7,9-10,13,16H,1,4-5,8,11H2,2H3. The molecule has 0 bridgehead atoms. The highest BCUT2D eigenvalue weighted by Gasteiger charge is 2.06. The van der Waals surface area contributed by atoms with Gasteiger partial charge in [-0.15, -0.1) is 6.58 Å². The number of unbranched alkanes of at least 4 members (excludes halogenated alkanes) is 1. The van der Waals surface area contributed by atoms with E-state index in [0.29, 0.717) is 17.7 Å². The van der Waals surface area contributed by atoms with Crippen LogP contribution in [0.3, 0.4) is 0 Å².